The maximum atomic E-state index is 12.2. The number of benzene rings is 2. The predicted molar refractivity (Wildman–Crippen MR) is 98.2 cm³/mol. The van der Waals surface area contributed by atoms with E-state index in [-0.39, 0.29) is 16.6 Å². The minimum Gasteiger partial charge on any atom is -0.464 e. The van der Waals surface area contributed by atoms with E-state index in [1.165, 1.54) is 7.11 Å². The summed E-state index contributed by atoms with van der Waals surface area (Å²) in [7, 11) is 1.25. The van der Waals surface area contributed by atoms with Gasteiger partial charge in [0.25, 0.3) is 0 Å². The standard InChI is InChI=1S/C17H12Cl2N4O2/c1-25-17(24)15(23-22-11-7-3-2-6-10(11)18)14-16(19)21-13-9-5-4-8-12(13)20-14/h2-9,22H,1H3/b23-15-. The summed E-state index contributed by atoms with van der Waals surface area (Å²) in [6.45, 7) is 0. The molecule has 0 unspecified atom stereocenters. The first-order valence-corrected chi connectivity index (χ1v) is 7.95. The first kappa shape index (κ1) is 17.1. The Balaban J connectivity index is 2.07. The number of carbonyl (C=O) groups is 1. The molecule has 2 aromatic carbocycles. The highest BCUT2D eigenvalue weighted by Crippen LogP contribution is 2.22. The molecule has 0 atom stereocenters. The molecule has 0 saturated heterocycles. The highest BCUT2D eigenvalue weighted by atomic mass is 35.5. The van der Waals surface area contributed by atoms with Crippen molar-refractivity contribution < 1.29 is 9.53 Å². The van der Waals surface area contributed by atoms with Crippen LogP contribution in [0.1, 0.15) is 5.69 Å². The molecule has 0 bridgehead atoms. The summed E-state index contributed by atoms with van der Waals surface area (Å²) in [5.41, 5.74) is 4.46. The average molecular weight is 375 g/mol. The molecule has 0 aliphatic rings. The topological polar surface area (TPSA) is 76.5 Å². The van der Waals surface area contributed by atoms with Crippen molar-refractivity contribution in [2.45, 2.75) is 0 Å². The Kier molecular flexibility index (Phi) is 5.11. The van der Waals surface area contributed by atoms with Crippen LogP contribution in [0.2, 0.25) is 10.2 Å². The zero-order valence-corrected chi connectivity index (χ0v) is 14.5. The second-order valence-electron chi connectivity index (χ2n) is 4.90. The van der Waals surface area contributed by atoms with Gasteiger partial charge in [0.15, 0.2) is 10.9 Å². The number of hydrogen-bond acceptors (Lipinski definition) is 6. The van der Waals surface area contributed by atoms with E-state index >= 15 is 0 Å². The van der Waals surface area contributed by atoms with Gasteiger partial charge in [0.05, 0.1) is 28.9 Å². The lowest BCUT2D eigenvalue weighted by Crippen LogP contribution is -2.21. The number of para-hydroxylation sites is 3. The number of anilines is 1. The first-order valence-electron chi connectivity index (χ1n) is 7.19. The Bertz CT molecular complexity index is 976. The number of halogens is 2. The quantitative estimate of drug-likeness (QED) is 0.425. The van der Waals surface area contributed by atoms with Crippen molar-refractivity contribution in [3.8, 4) is 0 Å². The summed E-state index contributed by atoms with van der Waals surface area (Å²) < 4.78 is 4.78. The van der Waals surface area contributed by atoms with E-state index in [1.54, 1.807) is 36.4 Å². The summed E-state index contributed by atoms with van der Waals surface area (Å²) in [5.74, 6) is -0.703. The lowest BCUT2D eigenvalue weighted by Gasteiger charge is -2.08. The molecular formula is C17H12Cl2N4O2. The molecule has 6 nitrogen and oxygen atoms in total. The smallest absolute Gasteiger partial charge is 0.360 e. The third kappa shape index (κ3) is 3.70. The molecule has 0 aliphatic heterocycles. The number of hydrazone groups is 1. The van der Waals surface area contributed by atoms with E-state index in [0.717, 1.165) is 0 Å². The highest BCUT2D eigenvalue weighted by Gasteiger charge is 2.21. The molecule has 1 N–H and O–H groups in total. The summed E-state index contributed by atoms with van der Waals surface area (Å²) >= 11 is 12.3. The number of methoxy groups -OCH3 is 1. The Labute approximate surface area is 153 Å². The minimum absolute atomic E-state index is 0.0452. The van der Waals surface area contributed by atoms with Gasteiger partial charge in [-0.2, -0.15) is 5.10 Å². The van der Waals surface area contributed by atoms with Crippen LogP contribution in [0.25, 0.3) is 11.0 Å². The Hall–Kier alpha value is -2.70. The van der Waals surface area contributed by atoms with Crippen LogP contribution in [0.15, 0.2) is 53.6 Å². The fourth-order valence-electron chi connectivity index (χ4n) is 2.09. The third-order valence-electron chi connectivity index (χ3n) is 3.29. The van der Waals surface area contributed by atoms with Crippen molar-refractivity contribution in [3.05, 3.63) is 64.4 Å². The molecule has 3 aromatic rings. The van der Waals surface area contributed by atoms with Crippen molar-refractivity contribution in [2.24, 2.45) is 5.10 Å². The molecule has 1 aromatic heterocycles. The molecule has 0 radical (unpaired) electrons. The number of ether oxygens (including phenoxy) is 1. The molecule has 1 heterocycles. The Morgan fingerprint density at radius 3 is 2.36 bits per heavy atom. The van der Waals surface area contributed by atoms with E-state index in [0.29, 0.717) is 21.7 Å². The number of carbonyl (C=O) groups excluding carboxylic acids is 1. The van der Waals surface area contributed by atoms with Crippen molar-refractivity contribution in [1.29, 1.82) is 0 Å². The molecule has 0 aliphatic carbocycles. The fourth-order valence-corrected chi connectivity index (χ4v) is 2.49. The van der Waals surface area contributed by atoms with Crippen LogP contribution in [0.4, 0.5) is 5.69 Å². The largest absolute Gasteiger partial charge is 0.464 e. The van der Waals surface area contributed by atoms with E-state index in [4.69, 9.17) is 27.9 Å². The van der Waals surface area contributed by atoms with Gasteiger partial charge in [0, 0.05) is 0 Å². The van der Waals surface area contributed by atoms with Gasteiger partial charge < -0.3 is 4.74 Å². The Morgan fingerprint density at radius 2 is 1.68 bits per heavy atom. The number of aromatic nitrogens is 2. The average Bonchev–Trinajstić information content (AvgIpc) is 2.63. The van der Waals surface area contributed by atoms with E-state index < -0.39 is 5.97 Å². The number of esters is 1. The van der Waals surface area contributed by atoms with Crippen LogP contribution in [-0.4, -0.2) is 28.8 Å². The molecule has 0 saturated carbocycles. The number of fused-ring (bicyclic) bond motifs is 1. The SMILES string of the molecule is COC(=O)/C(=N\Nc1ccccc1Cl)c1nc2ccccc2nc1Cl. The number of nitrogens with one attached hydrogen (secondary N) is 1. The van der Waals surface area contributed by atoms with Gasteiger partial charge in [-0.05, 0) is 24.3 Å². The molecule has 8 heteroatoms. The summed E-state index contributed by atoms with van der Waals surface area (Å²) in [6.07, 6.45) is 0. The van der Waals surface area contributed by atoms with Gasteiger partial charge >= 0.3 is 5.97 Å². The monoisotopic (exact) mass is 374 g/mol. The fraction of sp³-hybridized carbons (Fsp3) is 0.0588. The predicted octanol–water partition coefficient (Wildman–Crippen LogP) is 3.93. The van der Waals surface area contributed by atoms with Crippen LogP contribution < -0.4 is 5.43 Å². The Morgan fingerprint density at radius 1 is 1.04 bits per heavy atom. The van der Waals surface area contributed by atoms with Crippen molar-refractivity contribution in [2.75, 3.05) is 12.5 Å². The van der Waals surface area contributed by atoms with Gasteiger partial charge in [-0.1, -0.05) is 47.5 Å². The van der Waals surface area contributed by atoms with E-state index in [9.17, 15) is 4.79 Å². The molecular weight excluding hydrogens is 363 g/mol. The first-order chi connectivity index (χ1) is 12.1. The zero-order chi connectivity index (χ0) is 17.8. The second kappa shape index (κ2) is 7.46. The normalized spacial score (nSPS) is 11.4. The van der Waals surface area contributed by atoms with Crippen molar-refractivity contribution in [3.63, 3.8) is 0 Å². The molecule has 0 fully saturated rings. The van der Waals surface area contributed by atoms with Gasteiger partial charge in [0.2, 0.25) is 0 Å². The maximum absolute atomic E-state index is 12.2. The van der Waals surface area contributed by atoms with Crippen molar-refractivity contribution >= 4 is 51.6 Å². The van der Waals surface area contributed by atoms with Crippen LogP contribution in [0.5, 0.6) is 0 Å². The lowest BCUT2D eigenvalue weighted by atomic mass is 10.2. The van der Waals surface area contributed by atoms with Crippen molar-refractivity contribution in [1.82, 2.24) is 9.97 Å². The number of nitrogens with zero attached hydrogens (tertiary/aromatic N) is 3. The zero-order valence-electron chi connectivity index (χ0n) is 13.0. The maximum Gasteiger partial charge on any atom is 0.360 e. The molecule has 25 heavy (non-hydrogen) atoms. The lowest BCUT2D eigenvalue weighted by molar-refractivity contribution is -0.132. The highest BCUT2D eigenvalue weighted by molar-refractivity contribution is 6.46. The molecule has 126 valence electrons. The van der Waals surface area contributed by atoms with Crippen LogP contribution in [-0.2, 0) is 9.53 Å². The van der Waals surface area contributed by atoms with E-state index in [2.05, 4.69) is 20.5 Å². The number of hydrogen-bond donors (Lipinski definition) is 1. The van der Waals surface area contributed by atoms with E-state index in [1.807, 2.05) is 12.1 Å². The van der Waals surface area contributed by atoms with Crippen LogP contribution in [0, 0.1) is 0 Å². The summed E-state index contributed by atoms with van der Waals surface area (Å²) in [5, 5.41) is 4.58. The van der Waals surface area contributed by atoms with Gasteiger partial charge in [0.1, 0.15) is 5.69 Å². The van der Waals surface area contributed by atoms with Gasteiger partial charge in [-0.3, -0.25) is 5.43 Å². The third-order valence-corrected chi connectivity index (χ3v) is 3.89. The summed E-state index contributed by atoms with van der Waals surface area (Å²) in [4.78, 5) is 20.8. The van der Waals surface area contributed by atoms with Gasteiger partial charge in [-0.15, -0.1) is 0 Å². The second-order valence-corrected chi connectivity index (χ2v) is 5.66. The summed E-state index contributed by atoms with van der Waals surface area (Å²) in [6, 6.07) is 14.1. The molecule has 0 spiro atoms. The number of rotatable bonds is 4. The van der Waals surface area contributed by atoms with Gasteiger partial charge in [-0.25, -0.2) is 14.8 Å². The van der Waals surface area contributed by atoms with Crippen LogP contribution in [0.3, 0.4) is 0 Å². The molecule has 0 amide bonds. The van der Waals surface area contributed by atoms with Crippen LogP contribution >= 0.6 is 23.2 Å². The molecule has 3 rings (SSSR count). The minimum atomic E-state index is -0.703.